The van der Waals surface area contributed by atoms with E-state index < -0.39 is 23.6 Å². The number of hydrogen-bond donors (Lipinski definition) is 4. The molecule has 0 fully saturated rings. The molecule has 782 valence electrons. The molecule has 4 N–H and O–H groups in total. The van der Waals surface area contributed by atoms with Crippen LogP contribution >= 0.6 is 0 Å². The van der Waals surface area contributed by atoms with Crippen molar-refractivity contribution in [3.05, 3.63) is 178 Å². The largest absolute Gasteiger partial charge is 0.493 e. The van der Waals surface area contributed by atoms with Crippen LogP contribution in [0.2, 0.25) is 0 Å². The Labute approximate surface area is 850 Å². The van der Waals surface area contributed by atoms with Crippen LogP contribution in [0.1, 0.15) is 392 Å². The third-order valence-corrected chi connectivity index (χ3v) is 26.3. The molecule has 3 aromatic carbocycles. The lowest BCUT2D eigenvalue weighted by Gasteiger charge is -2.21. The molecular weight excluding hydrogens is 1780 g/mol. The number of benzene rings is 3. The van der Waals surface area contributed by atoms with Gasteiger partial charge in [-0.15, -0.1) is 20.4 Å². The molecule has 0 saturated heterocycles. The highest BCUT2D eigenvalue weighted by Crippen LogP contribution is 2.36. The Morgan fingerprint density at radius 3 is 0.725 bits per heavy atom. The molecule has 9 rings (SSSR count). The quantitative estimate of drug-likeness (QED) is 0.0257. The van der Waals surface area contributed by atoms with Crippen LogP contribution in [-0.4, -0.2) is 133 Å². The number of hydrogen-bond acceptors (Lipinski definition) is 20. The van der Waals surface area contributed by atoms with E-state index in [9.17, 15) is 19.2 Å². The highest BCUT2D eigenvalue weighted by Gasteiger charge is 2.26. The Morgan fingerprint density at radius 2 is 0.479 bits per heavy atom. The van der Waals surface area contributed by atoms with Gasteiger partial charge in [0.2, 0.25) is 0 Å². The number of nitrogens with zero attached hydrogens (tertiary/aromatic N) is 14. The van der Waals surface area contributed by atoms with Gasteiger partial charge in [-0.2, -0.15) is 0 Å². The minimum absolute atomic E-state index is 0.00361. The van der Waals surface area contributed by atoms with E-state index in [1.54, 1.807) is 55.4 Å². The van der Waals surface area contributed by atoms with Gasteiger partial charge < -0.3 is 49.7 Å². The minimum atomic E-state index is -0.528. The van der Waals surface area contributed by atoms with E-state index in [0.717, 1.165) is 124 Å². The molecule has 0 bridgehead atoms. The number of pyridine rings is 2. The Bertz CT molecular complexity index is 4780. The van der Waals surface area contributed by atoms with Gasteiger partial charge in [0.05, 0.1) is 117 Å². The standard InChI is InChI=1S/C114H176N18O10/c1-79(2)37-45-89(46-38-80(3)4)29-25-55-137-101-63-103(111(133)115-67-97-75-129(125-121-97)71-93-33-21-23-35-107(93)141-59-53-87(17)18)119-105(65-101)113(135)117-69-99-77-131(127-123-99)73-95-61-110(140-58-28-32-92(51-43-85(13)14)52-44-86(15)16)96(62-109(95)139-57-27-31-91(49-41-83(9)10)50-42-84(11)12)74-132-78-100(124-128-132)70-118-114(136)106-66-102(138-56-26-30-90(47-39-81(5)6)48-40-82(7)8)64-104(120-106)112(134)116-68-98-76-130(126-122-98)72-94-34-22-24-36-108(94)142-60-54-88(19)20/h21-24,33-36,61-66,75-92H,25-32,37-60,67-74H2,1-20H3,(H,115,133)(H,116,134)(H,117,135)(H,118,136). The number of carbonyl (C=O) groups excluding carboxylic acids is 4. The monoisotopic (exact) mass is 1960 g/mol. The average Bonchev–Trinajstić information content (AvgIpc) is 1.59. The van der Waals surface area contributed by atoms with Crippen LogP contribution in [0.3, 0.4) is 0 Å². The van der Waals surface area contributed by atoms with E-state index in [1.807, 2.05) is 60.9 Å². The number of amides is 4. The minimum Gasteiger partial charge on any atom is -0.493 e. The van der Waals surface area contributed by atoms with Crippen molar-refractivity contribution < 1.29 is 47.6 Å². The summed E-state index contributed by atoms with van der Waals surface area (Å²) in [5, 5.41) is 48.1. The Morgan fingerprint density at radius 1 is 0.254 bits per heavy atom. The second kappa shape index (κ2) is 62.0. The summed E-state index contributed by atoms with van der Waals surface area (Å²) in [5.74, 6) is 9.78. The highest BCUT2D eigenvalue weighted by molar-refractivity contribution is 5.98. The summed E-state index contributed by atoms with van der Waals surface area (Å²) in [6.45, 7) is 49.8. The van der Waals surface area contributed by atoms with Crippen molar-refractivity contribution in [1.82, 2.24) is 91.2 Å². The van der Waals surface area contributed by atoms with Crippen molar-refractivity contribution in [3.63, 3.8) is 0 Å². The zero-order chi connectivity index (χ0) is 102. The first-order valence-electron chi connectivity index (χ1n) is 54.0. The van der Waals surface area contributed by atoms with Gasteiger partial charge in [0.25, 0.3) is 23.6 Å². The molecular formula is C114H176N18O10. The third-order valence-electron chi connectivity index (χ3n) is 26.3. The number of para-hydroxylation sites is 2. The second-order valence-corrected chi connectivity index (χ2v) is 44.0. The number of aromatic nitrogens is 14. The summed E-state index contributed by atoms with van der Waals surface area (Å²) in [6.07, 6.45) is 35.2. The predicted octanol–water partition coefficient (Wildman–Crippen LogP) is 24.2. The number of carbonyl (C=O) groups is 4. The Hall–Kier alpha value is -10.8. The highest BCUT2D eigenvalue weighted by atomic mass is 16.5. The molecule has 0 aliphatic carbocycles. The molecule has 0 spiro atoms. The first kappa shape index (κ1) is 115. The number of nitrogens with one attached hydrogen (secondary N) is 4. The van der Waals surface area contributed by atoms with E-state index in [1.165, 1.54) is 77.0 Å². The normalized spacial score (nSPS) is 12.0. The molecule has 4 amide bonds. The van der Waals surface area contributed by atoms with Gasteiger partial charge in [0.1, 0.15) is 80.0 Å². The molecule has 0 unspecified atom stereocenters. The van der Waals surface area contributed by atoms with Crippen LogP contribution in [-0.2, 0) is 52.4 Å². The van der Waals surface area contributed by atoms with Crippen LogP contribution < -0.4 is 49.7 Å². The Balaban J connectivity index is 0.964. The van der Waals surface area contributed by atoms with Crippen molar-refractivity contribution in [2.45, 2.75) is 358 Å². The van der Waals surface area contributed by atoms with Crippen molar-refractivity contribution in [2.24, 2.45) is 82.9 Å². The molecule has 142 heavy (non-hydrogen) atoms. The summed E-state index contributed by atoms with van der Waals surface area (Å²) < 4.78 is 46.3. The second-order valence-electron chi connectivity index (χ2n) is 44.0. The maximum atomic E-state index is 14.6. The summed E-state index contributed by atoms with van der Waals surface area (Å²) >= 11 is 0. The SMILES string of the molecule is CC(C)CCOc1ccccc1Cn1cc(CNC(=O)c2cc(OCCCC(CCC(C)C)CCC(C)C)cc(C(=O)NCc3cn(Cc4cc(OCCCC(CCC(C)C)CCC(C)C)c(Cn5cc(CNC(=O)c6cc(OCCCC(CCC(C)C)CCC(C)C)cc(C(=O)NCc7cn(Cc8ccccc8OCCC(C)C)nn7)n6)nn5)cc4OCCCC(CCC(C)C)CCC(C)C)nn3)n2)nn1. The van der Waals surface area contributed by atoms with E-state index in [0.29, 0.717) is 181 Å². The van der Waals surface area contributed by atoms with Gasteiger partial charge in [-0.3, -0.25) is 19.2 Å². The van der Waals surface area contributed by atoms with Gasteiger partial charge >= 0.3 is 0 Å². The molecule has 0 aliphatic rings. The molecule has 6 heterocycles. The van der Waals surface area contributed by atoms with E-state index >= 15 is 0 Å². The molecule has 9 aromatic rings. The van der Waals surface area contributed by atoms with Gasteiger partial charge in [0, 0.05) is 46.5 Å². The molecule has 0 saturated carbocycles. The molecule has 28 nitrogen and oxygen atoms in total. The first-order chi connectivity index (χ1) is 68.2. The van der Waals surface area contributed by atoms with Gasteiger partial charge in [-0.05, 0) is 171 Å². The fourth-order valence-electron chi connectivity index (χ4n) is 17.4. The zero-order valence-electron chi connectivity index (χ0n) is 90.1. The van der Waals surface area contributed by atoms with Gasteiger partial charge in [-0.1, -0.05) is 298 Å². The van der Waals surface area contributed by atoms with E-state index in [-0.39, 0.29) is 62.0 Å². The van der Waals surface area contributed by atoms with Crippen LogP contribution in [0.15, 0.2) is 110 Å². The molecule has 28 heteroatoms. The van der Waals surface area contributed by atoms with Crippen molar-refractivity contribution in [2.75, 3.05) is 39.6 Å². The number of rotatable bonds is 72. The molecule has 6 aromatic heterocycles. The third kappa shape index (κ3) is 44.2. The fourth-order valence-corrected chi connectivity index (χ4v) is 17.4. The van der Waals surface area contributed by atoms with Crippen LogP contribution in [0.5, 0.6) is 34.5 Å². The maximum absolute atomic E-state index is 14.6. The lowest BCUT2D eigenvalue weighted by Crippen LogP contribution is -2.27. The van der Waals surface area contributed by atoms with Gasteiger partial charge in [-0.25, -0.2) is 28.7 Å². The van der Waals surface area contributed by atoms with Crippen molar-refractivity contribution in [1.29, 1.82) is 0 Å². The van der Waals surface area contributed by atoms with E-state index in [4.69, 9.17) is 28.4 Å². The summed E-state index contributed by atoms with van der Waals surface area (Å²) in [5.41, 5.74) is 5.65. The van der Waals surface area contributed by atoms with Crippen molar-refractivity contribution in [3.8, 4) is 34.5 Å². The predicted molar refractivity (Wildman–Crippen MR) is 564 cm³/mol. The zero-order valence-corrected chi connectivity index (χ0v) is 90.1. The smallest absolute Gasteiger partial charge is 0.270 e. The van der Waals surface area contributed by atoms with Crippen LogP contribution in [0, 0.1) is 82.9 Å². The Kier molecular flexibility index (Phi) is 50.1. The van der Waals surface area contributed by atoms with Crippen LogP contribution in [0.4, 0.5) is 0 Å². The number of ether oxygens (including phenoxy) is 6. The summed E-state index contributed by atoms with van der Waals surface area (Å²) in [7, 11) is 0. The lowest BCUT2D eigenvalue weighted by molar-refractivity contribution is 0.0924. The van der Waals surface area contributed by atoms with Crippen LogP contribution in [0.25, 0.3) is 0 Å². The summed E-state index contributed by atoms with van der Waals surface area (Å²) in [4.78, 5) is 67.1. The summed E-state index contributed by atoms with van der Waals surface area (Å²) in [6, 6.07) is 26.3. The molecule has 0 radical (unpaired) electrons. The lowest BCUT2D eigenvalue weighted by atomic mass is 9.88. The topological polar surface area (TPSA) is 320 Å². The molecule has 0 atom stereocenters. The molecule has 0 aliphatic heterocycles. The fraction of sp³-hybridized carbons (Fsp3) is 0.649. The van der Waals surface area contributed by atoms with Gasteiger partial charge in [0.15, 0.2) is 0 Å². The first-order valence-corrected chi connectivity index (χ1v) is 54.0. The van der Waals surface area contributed by atoms with E-state index in [2.05, 4.69) is 223 Å². The van der Waals surface area contributed by atoms with Crippen molar-refractivity contribution >= 4 is 23.6 Å². The maximum Gasteiger partial charge on any atom is 0.270 e. The average molecular weight is 1960 g/mol.